The van der Waals surface area contributed by atoms with Crippen LogP contribution in [0.15, 0.2) is 6.07 Å². The molecular weight excluding hydrogens is 264 g/mol. The van der Waals surface area contributed by atoms with E-state index in [1.165, 1.54) is 12.8 Å². The molecule has 2 fully saturated rings. The number of rotatable bonds is 4. The van der Waals surface area contributed by atoms with Gasteiger partial charge in [0.15, 0.2) is 0 Å². The summed E-state index contributed by atoms with van der Waals surface area (Å²) in [5, 5.41) is 7.63. The minimum absolute atomic E-state index is 0.163. The molecule has 2 aliphatic rings. The third kappa shape index (κ3) is 3.12. The molecule has 0 spiro atoms. The smallest absolute Gasteiger partial charge is 0.222 e. The Bertz CT molecular complexity index is 510. The van der Waals surface area contributed by atoms with E-state index in [4.69, 9.17) is 0 Å². The van der Waals surface area contributed by atoms with Crippen LogP contribution in [0.5, 0.6) is 0 Å². The van der Waals surface area contributed by atoms with Gasteiger partial charge in [-0.25, -0.2) is 0 Å². The maximum atomic E-state index is 12.2. The molecule has 0 saturated carbocycles. The van der Waals surface area contributed by atoms with Gasteiger partial charge in [0.05, 0.1) is 5.69 Å². The molecular formula is C16H26N4O. The summed E-state index contributed by atoms with van der Waals surface area (Å²) in [6.45, 7) is 4.69. The maximum absolute atomic E-state index is 12.2. The van der Waals surface area contributed by atoms with Crippen LogP contribution < -0.4 is 5.32 Å². The van der Waals surface area contributed by atoms with Crippen LogP contribution in [0.2, 0.25) is 0 Å². The Kier molecular flexibility index (Phi) is 4.02. The molecule has 21 heavy (non-hydrogen) atoms. The third-order valence-corrected chi connectivity index (χ3v) is 5.12. The van der Waals surface area contributed by atoms with Gasteiger partial charge in [-0.15, -0.1) is 0 Å². The van der Waals surface area contributed by atoms with Crippen LogP contribution in [0.3, 0.4) is 0 Å². The monoisotopic (exact) mass is 290 g/mol. The zero-order valence-electron chi connectivity index (χ0n) is 13.3. The molecule has 0 radical (unpaired) electrons. The Morgan fingerprint density at radius 3 is 2.57 bits per heavy atom. The number of aromatic nitrogens is 2. The van der Waals surface area contributed by atoms with E-state index in [-0.39, 0.29) is 5.91 Å². The van der Waals surface area contributed by atoms with Crippen LogP contribution in [-0.2, 0) is 11.3 Å². The Hall–Kier alpha value is -1.36. The molecule has 0 aromatic carbocycles. The fourth-order valence-corrected chi connectivity index (χ4v) is 3.94. The van der Waals surface area contributed by atoms with Crippen molar-refractivity contribution in [3.05, 3.63) is 17.5 Å². The predicted molar refractivity (Wildman–Crippen MR) is 82.1 cm³/mol. The number of fused-ring (bicyclic) bond motifs is 2. The van der Waals surface area contributed by atoms with Crippen molar-refractivity contribution in [2.75, 3.05) is 7.05 Å². The molecule has 1 N–H and O–H groups in total. The predicted octanol–water partition coefficient (Wildman–Crippen LogP) is 1.63. The molecule has 116 valence electrons. The van der Waals surface area contributed by atoms with Crippen LogP contribution in [0.1, 0.15) is 43.5 Å². The molecule has 2 aliphatic heterocycles. The van der Waals surface area contributed by atoms with Gasteiger partial charge in [-0.05, 0) is 52.6 Å². The van der Waals surface area contributed by atoms with E-state index in [2.05, 4.69) is 22.4 Å². The Balaban J connectivity index is 1.48. The van der Waals surface area contributed by atoms with Gasteiger partial charge in [0.1, 0.15) is 0 Å². The quantitative estimate of drug-likeness (QED) is 0.917. The number of carbonyl (C=O) groups is 1. The third-order valence-electron chi connectivity index (χ3n) is 5.12. The van der Waals surface area contributed by atoms with E-state index in [1.54, 1.807) is 0 Å². The lowest BCUT2D eigenvalue weighted by molar-refractivity contribution is -0.122. The molecule has 5 nitrogen and oxygen atoms in total. The molecule has 5 heteroatoms. The average Bonchev–Trinajstić information content (AvgIpc) is 2.83. The summed E-state index contributed by atoms with van der Waals surface area (Å²) in [4.78, 5) is 14.7. The number of hydrogen-bond donors (Lipinski definition) is 1. The minimum Gasteiger partial charge on any atom is -0.353 e. The zero-order chi connectivity index (χ0) is 15.0. The Morgan fingerprint density at radius 2 is 2.00 bits per heavy atom. The number of carbonyl (C=O) groups excluding carboxylic acids is 1. The van der Waals surface area contributed by atoms with Crippen LogP contribution in [0, 0.1) is 13.8 Å². The number of piperidine rings is 1. The van der Waals surface area contributed by atoms with Gasteiger partial charge >= 0.3 is 0 Å². The lowest BCUT2D eigenvalue weighted by Crippen LogP contribution is -2.48. The molecule has 2 unspecified atom stereocenters. The van der Waals surface area contributed by atoms with Crippen molar-refractivity contribution in [2.45, 2.75) is 70.6 Å². The highest BCUT2D eigenvalue weighted by Gasteiger charge is 2.38. The largest absolute Gasteiger partial charge is 0.353 e. The number of aryl methyl sites for hydroxylation is 3. The van der Waals surface area contributed by atoms with Crippen LogP contribution in [-0.4, -0.2) is 45.8 Å². The van der Waals surface area contributed by atoms with Crippen molar-refractivity contribution in [1.29, 1.82) is 0 Å². The SMILES string of the molecule is Cc1cc(C)n(CCC(=O)NC2CC3CCC(C2)N3C)n1. The number of amides is 1. The van der Waals surface area contributed by atoms with Gasteiger partial charge in [0.2, 0.25) is 5.91 Å². The average molecular weight is 290 g/mol. The second-order valence-electron chi connectivity index (χ2n) is 6.69. The number of nitrogens with one attached hydrogen (secondary N) is 1. The first kappa shape index (κ1) is 14.6. The summed E-state index contributed by atoms with van der Waals surface area (Å²) in [7, 11) is 2.23. The van der Waals surface area contributed by atoms with E-state index >= 15 is 0 Å². The number of hydrogen-bond acceptors (Lipinski definition) is 3. The molecule has 3 heterocycles. The van der Waals surface area contributed by atoms with Gasteiger partial charge in [-0.2, -0.15) is 5.10 Å². The van der Waals surface area contributed by atoms with Crippen molar-refractivity contribution in [1.82, 2.24) is 20.0 Å². The fraction of sp³-hybridized carbons (Fsp3) is 0.750. The summed E-state index contributed by atoms with van der Waals surface area (Å²) < 4.78 is 1.92. The molecule has 2 atom stereocenters. The van der Waals surface area contributed by atoms with Gasteiger partial charge in [-0.3, -0.25) is 9.48 Å². The van der Waals surface area contributed by atoms with E-state index < -0.39 is 0 Å². The summed E-state index contributed by atoms with van der Waals surface area (Å²) in [6, 6.07) is 3.76. The summed E-state index contributed by atoms with van der Waals surface area (Å²) in [5.41, 5.74) is 2.14. The zero-order valence-corrected chi connectivity index (χ0v) is 13.3. The van der Waals surface area contributed by atoms with Crippen molar-refractivity contribution in [3.8, 4) is 0 Å². The molecule has 2 saturated heterocycles. The van der Waals surface area contributed by atoms with Crippen molar-refractivity contribution in [3.63, 3.8) is 0 Å². The summed E-state index contributed by atoms with van der Waals surface area (Å²) in [5.74, 6) is 0.163. The second-order valence-corrected chi connectivity index (χ2v) is 6.69. The number of nitrogens with zero attached hydrogens (tertiary/aromatic N) is 3. The van der Waals surface area contributed by atoms with Gasteiger partial charge in [0, 0.05) is 36.8 Å². The topological polar surface area (TPSA) is 50.2 Å². The molecule has 1 amide bonds. The highest BCUT2D eigenvalue weighted by Crippen LogP contribution is 2.34. The van der Waals surface area contributed by atoms with E-state index in [9.17, 15) is 4.79 Å². The first-order chi connectivity index (χ1) is 10.0. The summed E-state index contributed by atoms with van der Waals surface area (Å²) in [6.07, 6.45) is 5.32. The van der Waals surface area contributed by atoms with Gasteiger partial charge in [0.25, 0.3) is 0 Å². The van der Waals surface area contributed by atoms with E-state index in [1.807, 2.05) is 24.6 Å². The van der Waals surface area contributed by atoms with Crippen molar-refractivity contribution >= 4 is 5.91 Å². The van der Waals surface area contributed by atoms with Crippen LogP contribution in [0.25, 0.3) is 0 Å². The van der Waals surface area contributed by atoms with E-state index in [0.29, 0.717) is 31.1 Å². The molecule has 0 aliphatic carbocycles. The molecule has 3 rings (SSSR count). The molecule has 1 aromatic heterocycles. The standard InChI is InChI=1S/C16H26N4O/c1-11-8-12(2)20(18-11)7-6-16(21)17-13-9-14-4-5-15(10-13)19(14)3/h8,13-15H,4-7,9-10H2,1-3H3,(H,17,21). The first-order valence-electron chi connectivity index (χ1n) is 8.05. The summed E-state index contributed by atoms with van der Waals surface area (Å²) >= 11 is 0. The normalized spacial score (nSPS) is 28.8. The maximum Gasteiger partial charge on any atom is 0.222 e. The fourth-order valence-electron chi connectivity index (χ4n) is 3.94. The lowest BCUT2D eigenvalue weighted by Gasteiger charge is -2.36. The second kappa shape index (κ2) is 5.79. The van der Waals surface area contributed by atoms with Gasteiger partial charge in [-0.1, -0.05) is 0 Å². The highest BCUT2D eigenvalue weighted by atomic mass is 16.1. The minimum atomic E-state index is 0.163. The Labute approximate surface area is 126 Å². The first-order valence-corrected chi connectivity index (χ1v) is 8.05. The van der Waals surface area contributed by atoms with Crippen LogP contribution >= 0.6 is 0 Å². The van der Waals surface area contributed by atoms with Crippen molar-refractivity contribution < 1.29 is 4.79 Å². The van der Waals surface area contributed by atoms with Crippen LogP contribution in [0.4, 0.5) is 0 Å². The Morgan fingerprint density at radius 1 is 1.33 bits per heavy atom. The molecule has 1 aromatic rings. The van der Waals surface area contributed by atoms with E-state index in [0.717, 1.165) is 24.2 Å². The lowest BCUT2D eigenvalue weighted by atomic mass is 9.98. The molecule has 2 bridgehead atoms. The van der Waals surface area contributed by atoms with Gasteiger partial charge < -0.3 is 10.2 Å². The highest BCUT2D eigenvalue weighted by molar-refractivity contribution is 5.76. The van der Waals surface area contributed by atoms with Crippen molar-refractivity contribution in [2.24, 2.45) is 0 Å².